The van der Waals surface area contributed by atoms with Crippen molar-refractivity contribution in [2.45, 2.75) is 34.6 Å². The van der Waals surface area contributed by atoms with E-state index in [1.807, 2.05) is 11.9 Å². The van der Waals surface area contributed by atoms with Crippen LogP contribution in [0.15, 0.2) is 0 Å². The number of anilines is 3. The minimum atomic E-state index is 0.172. The first kappa shape index (κ1) is 15.5. The summed E-state index contributed by atoms with van der Waals surface area (Å²) in [5.41, 5.74) is 5.96. The third-order valence-electron chi connectivity index (χ3n) is 2.73. The zero-order valence-corrected chi connectivity index (χ0v) is 12.9. The van der Waals surface area contributed by atoms with Crippen LogP contribution >= 0.6 is 0 Å². The molecule has 0 spiro atoms. The van der Waals surface area contributed by atoms with E-state index in [0.29, 0.717) is 11.9 Å². The predicted octanol–water partition coefficient (Wildman–Crippen LogP) is 1.78. The van der Waals surface area contributed by atoms with Gasteiger partial charge in [-0.3, -0.25) is 0 Å². The van der Waals surface area contributed by atoms with E-state index >= 15 is 0 Å². The highest BCUT2D eigenvalue weighted by molar-refractivity contribution is 5.43. The smallest absolute Gasteiger partial charge is 0.231 e. The van der Waals surface area contributed by atoms with Gasteiger partial charge in [0.2, 0.25) is 17.8 Å². The summed E-state index contributed by atoms with van der Waals surface area (Å²) in [5, 5.41) is 0. The van der Waals surface area contributed by atoms with Gasteiger partial charge in [-0.15, -0.1) is 0 Å². The van der Waals surface area contributed by atoms with Gasteiger partial charge in [0, 0.05) is 26.7 Å². The average molecular weight is 266 g/mol. The molecule has 0 saturated carbocycles. The molecule has 0 radical (unpaired) electrons. The lowest BCUT2D eigenvalue weighted by Crippen LogP contribution is -2.32. The lowest BCUT2D eigenvalue weighted by Gasteiger charge is -2.27. The largest absolute Gasteiger partial charge is 0.368 e. The molecule has 0 aliphatic rings. The molecule has 2 N–H and O–H groups in total. The molecule has 1 rings (SSSR count). The maximum atomic E-state index is 5.79. The molecule has 0 atom stereocenters. The Kier molecular flexibility index (Phi) is 4.91. The number of aromatic nitrogens is 3. The fourth-order valence-corrected chi connectivity index (χ4v) is 1.97. The molecule has 1 aromatic rings. The highest BCUT2D eigenvalue weighted by atomic mass is 15.3. The Balaban J connectivity index is 3.02. The molecule has 0 bridgehead atoms. The first-order chi connectivity index (χ1) is 8.76. The van der Waals surface area contributed by atoms with Crippen LogP contribution in [0, 0.1) is 5.41 Å². The van der Waals surface area contributed by atoms with Crippen molar-refractivity contribution in [3.05, 3.63) is 0 Å². The molecule has 6 heteroatoms. The number of rotatable bonds is 5. The second kappa shape index (κ2) is 6.04. The molecule has 0 saturated heterocycles. The maximum absolute atomic E-state index is 5.79. The lowest BCUT2D eigenvalue weighted by atomic mass is 9.96. The van der Waals surface area contributed by atoms with E-state index < -0.39 is 0 Å². The van der Waals surface area contributed by atoms with Gasteiger partial charge in [0.05, 0.1) is 0 Å². The van der Waals surface area contributed by atoms with Crippen LogP contribution in [-0.2, 0) is 0 Å². The Hall–Kier alpha value is -1.59. The zero-order valence-electron chi connectivity index (χ0n) is 12.9. The summed E-state index contributed by atoms with van der Waals surface area (Å²) in [6, 6.07) is 0. The maximum Gasteiger partial charge on any atom is 0.231 e. The standard InChI is InChI=1S/C13H26N6/c1-7-19(8-2)12-16-10(14)15-11(17-12)18(6)9-13(3,4)5/h7-9H2,1-6H3,(H2,14,15,16,17). The van der Waals surface area contributed by atoms with Gasteiger partial charge in [-0.25, -0.2) is 0 Å². The van der Waals surface area contributed by atoms with Crippen molar-refractivity contribution in [3.8, 4) is 0 Å². The number of hydrogen-bond acceptors (Lipinski definition) is 6. The van der Waals surface area contributed by atoms with Crippen LogP contribution in [0.4, 0.5) is 17.8 Å². The molecule has 0 aliphatic heterocycles. The summed E-state index contributed by atoms with van der Waals surface area (Å²) in [6.07, 6.45) is 0. The van der Waals surface area contributed by atoms with Gasteiger partial charge in [-0.1, -0.05) is 20.8 Å². The quantitative estimate of drug-likeness (QED) is 0.876. The van der Waals surface area contributed by atoms with Gasteiger partial charge in [0.15, 0.2) is 0 Å². The highest BCUT2D eigenvalue weighted by Gasteiger charge is 2.18. The Morgan fingerprint density at radius 2 is 1.53 bits per heavy atom. The molecular weight excluding hydrogens is 240 g/mol. The van der Waals surface area contributed by atoms with Crippen molar-refractivity contribution in [2.75, 3.05) is 42.2 Å². The van der Waals surface area contributed by atoms with Gasteiger partial charge in [-0.05, 0) is 19.3 Å². The van der Waals surface area contributed by atoms with Crippen molar-refractivity contribution >= 4 is 17.8 Å². The zero-order chi connectivity index (χ0) is 14.6. The third kappa shape index (κ3) is 4.54. The van der Waals surface area contributed by atoms with Crippen LogP contribution < -0.4 is 15.5 Å². The summed E-state index contributed by atoms with van der Waals surface area (Å²) >= 11 is 0. The highest BCUT2D eigenvalue weighted by Crippen LogP contribution is 2.19. The number of nitrogen functional groups attached to an aromatic ring is 1. The minimum absolute atomic E-state index is 0.172. The molecule has 0 unspecified atom stereocenters. The van der Waals surface area contributed by atoms with E-state index in [1.165, 1.54) is 0 Å². The van der Waals surface area contributed by atoms with Crippen molar-refractivity contribution in [1.29, 1.82) is 0 Å². The molecule has 0 aliphatic carbocycles. The van der Waals surface area contributed by atoms with Crippen LogP contribution in [-0.4, -0.2) is 41.6 Å². The first-order valence-electron chi connectivity index (χ1n) is 6.74. The van der Waals surface area contributed by atoms with Crippen LogP contribution in [0.25, 0.3) is 0 Å². The minimum Gasteiger partial charge on any atom is -0.368 e. The second-order valence-electron chi connectivity index (χ2n) is 5.88. The van der Waals surface area contributed by atoms with Crippen molar-refractivity contribution in [3.63, 3.8) is 0 Å². The van der Waals surface area contributed by atoms with E-state index in [0.717, 1.165) is 19.6 Å². The van der Waals surface area contributed by atoms with Gasteiger partial charge in [-0.2, -0.15) is 15.0 Å². The van der Waals surface area contributed by atoms with Crippen LogP contribution in [0.1, 0.15) is 34.6 Å². The van der Waals surface area contributed by atoms with E-state index in [2.05, 4.69) is 54.5 Å². The first-order valence-corrected chi connectivity index (χ1v) is 6.74. The molecule has 1 aromatic heterocycles. The van der Waals surface area contributed by atoms with E-state index in [1.54, 1.807) is 0 Å². The lowest BCUT2D eigenvalue weighted by molar-refractivity contribution is 0.416. The van der Waals surface area contributed by atoms with Gasteiger partial charge >= 0.3 is 0 Å². The number of hydrogen-bond donors (Lipinski definition) is 1. The van der Waals surface area contributed by atoms with Gasteiger partial charge in [0.1, 0.15) is 0 Å². The molecule has 1 heterocycles. The molecule has 0 amide bonds. The SMILES string of the molecule is CCN(CC)c1nc(N)nc(N(C)CC(C)(C)C)n1. The second-order valence-corrected chi connectivity index (χ2v) is 5.88. The van der Waals surface area contributed by atoms with E-state index in [-0.39, 0.29) is 11.4 Å². The molecular formula is C13H26N6. The van der Waals surface area contributed by atoms with Crippen LogP contribution in [0.5, 0.6) is 0 Å². The van der Waals surface area contributed by atoms with Crippen molar-refractivity contribution in [1.82, 2.24) is 15.0 Å². The Labute approximate surface area is 116 Å². The average Bonchev–Trinajstić information content (AvgIpc) is 2.27. The number of nitrogens with zero attached hydrogens (tertiary/aromatic N) is 5. The molecule has 6 nitrogen and oxygen atoms in total. The fraction of sp³-hybridized carbons (Fsp3) is 0.769. The summed E-state index contributed by atoms with van der Waals surface area (Å²) in [6.45, 7) is 13.2. The summed E-state index contributed by atoms with van der Waals surface area (Å²) < 4.78 is 0. The fourth-order valence-electron chi connectivity index (χ4n) is 1.97. The van der Waals surface area contributed by atoms with Crippen LogP contribution in [0.3, 0.4) is 0 Å². The summed E-state index contributed by atoms with van der Waals surface area (Å²) in [5.74, 6) is 1.55. The summed E-state index contributed by atoms with van der Waals surface area (Å²) in [4.78, 5) is 17.0. The molecule has 19 heavy (non-hydrogen) atoms. The van der Waals surface area contributed by atoms with Crippen LogP contribution in [0.2, 0.25) is 0 Å². The van der Waals surface area contributed by atoms with Gasteiger partial charge < -0.3 is 15.5 Å². The normalized spacial score (nSPS) is 11.5. The summed E-state index contributed by atoms with van der Waals surface area (Å²) in [7, 11) is 1.98. The number of nitrogens with two attached hydrogens (primary N) is 1. The molecule has 0 aromatic carbocycles. The Morgan fingerprint density at radius 1 is 1.00 bits per heavy atom. The third-order valence-corrected chi connectivity index (χ3v) is 2.73. The van der Waals surface area contributed by atoms with Gasteiger partial charge in [0.25, 0.3) is 0 Å². The molecule has 0 fully saturated rings. The topological polar surface area (TPSA) is 71.2 Å². The monoisotopic (exact) mass is 266 g/mol. The predicted molar refractivity (Wildman–Crippen MR) is 80.5 cm³/mol. The van der Waals surface area contributed by atoms with Crippen molar-refractivity contribution < 1.29 is 0 Å². The Morgan fingerprint density at radius 3 is 2.00 bits per heavy atom. The van der Waals surface area contributed by atoms with E-state index in [4.69, 9.17) is 5.73 Å². The molecule has 108 valence electrons. The van der Waals surface area contributed by atoms with E-state index in [9.17, 15) is 0 Å². The van der Waals surface area contributed by atoms with Crippen molar-refractivity contribution in [2.24, 2.45) is 5.41 Å². The Bertz CT molecular complexity index is 408.